The van der Waals surface area contributed by atoms with Gasteiger partial charge in [0.15, 0.2) is 6.10 Å². The molecule has 10 heteroatoms. The minimum Gasteiger partial charge on any atom is -0.462 e. The van der Waals surface area contributed by atoms with Crippen LogP contribution in [0.4, 0.5) is 0 Å². The van der Waals surface area contributed by atoms with Gasteiger partial charge in [0.25, 0.3) is 0 Å². The number of nitrogens with two attached hydrogens (primary N) is 1. The minimum atomic E-state index is -4.39. The molecule has 0 aromatic carbocycles. The molecule has 2 unspecified atom stereocenters. The zero-order chi connectivity index (χ0) is 61.6. The molecule has 504 valence electrons. The van der Waals surface area contributed by atoms with E-state index < -0.39 is 26.5 Å². The maximum atomic E-state index is 12.8. The number of ether oxygens (including phenoxy) is 2. The van der Waals surface area contributed by atoms with E-state index in [1.165, 1.54) is 347 Å². The number of phosphoric ester groups is 1. The van der Waals surface area contributed by atoms with Gasteiger partial charge in [-0.25, -0.2) is 4.57 Å². The number of rotatable bonds is 73. The first-order valence-electron chi connectivity index (χ1n) is 37.8. The van der Waals surface area contributed by atoms with Crippen LogP contribution < -0.4 is 5.73 Å². The summed E-state index contributed by atoms with van der Waals surface area (Å²) in [5, 5.41) is 0. The van der Waals surface area contributed by atoms with Gasteiger partial charge in [-0.05, 0) is 64.2 Å². The molecule has 0 fully saturated rings. The van der Waals surface area contributed by atoms with Gasteiger partial charge in [-0.2, -0.15) is 0 Å². The summed E-state index contributed by atoms with van der Waals surface area (Å²) in [6.45, 7) is 3.83. The van der Waals surface area contributed by atoms with Crippen LogP contribution in [-0.2, 0) is 32.7 Å². The van der Waals surface area contributed by atoms with Crippen molar-refractivity contribution in [2.45, 2.75) is 418 Å². The monoisotopic (exact) mass is 1220 g/mol. The SMILES string of the molecule is CCCCCCCCCC/C=C\CCCCCCCCCCCCCCCCCCCCCCCCCCCCCC(=O)OC(COC(=O)CCCCCCCCCCCCCCC/C=C\CCCCCCCCCC)COP(=O)(O)OCCN. The first kappa shape index (κ1) is 83.5. The second-order valence-electron chi connectivity index (χ2n) is 25.9. The minimum absolute atomic E-state index is 0.0568. The number of hydrogen-bond donors (Lipinski definition) is 2. The van der Waals surface area contributed by atoms with Crippen LogP contribution in [0.3, 0.4) is 0 Å². The lowest BCUT2D eigenvalue weighted by Gasteiger charge is -2.19. The molecule has 0 aromatic rings. The van der Waals surface area contributed by atoms with Crippen molar-refractivity contribution >= 4 is 19.8 Å². The molecule has 0 bridgehead atoms. The number of hydrogen-bond acceptors (Lipinski definition) is 8. The van der Waals surface area contributed by atoms with E-state index in [0.717, 1.165) is 32.1 Å². The Balaban J connectivity index is 3.75. The Bertz CT molecular complexity index is 1440. The summed E-state index contributed by atoms with van der Waals surface area (Å²) in [7, 11) is -4.39. The van der Waals surface area contributed by atoms with E-state index >= 15 is 0 Å². The van der Waals surface area contributed by atoms with Crippen molar-refractivity contribution in [3.05, 3.63) is 24.3 Å². The third-order valence-corrected chi connectivity index (χ3v) is 18.3. The highest BCUT2D eigenvalue weighted by atomic mass is 31.2. The van der Waals surface area contributed by atoms with Gasteiger partial charge in [0.2, 0.25) is 0 Å². The van der Waals surface area contributed by atoms with Gasteiger partial charge in [-0.1, -0.05) is 359 Å². The number of phosphoric acid groups is 1. The first-order valence-corrected chi connectivity index (χ1v) is 39.3. The number of unbranched alkanes of at least 4 members (excludes halogenated alkanes) is 56. The summed E-state index contributed by atoms with van der Waals surface area (Å²) in [6.07, 6.45) is 88.8. The van der Waals surface area contributed by atoms with Gasteiger partial charge in [-0.15, -0.1) is 0 Å². The number of carbonyl (C=O) groups excluding carboxylic acids is 2. The Morgan fingerprint density at radius 2 is 0.576 bits per heavy atom. The van der Waals surface area contributed by atoms with E-state index in [1.54, 1.807) is 0 Å². The predicted octanol–water partition coefficient (Wildman–Crippen LogP) is 24.9. The van der Waals surface area contributed by atoms with Gasteiger partial charge in [0.1, 0.15) is 6.61 Å². The van der Waals surface area contributed by atoms with Crippen molar-refractivity contribution in [1.29, 1.82) is 0 Å². The fourth-order valence-electron chi connectivity index (χ4n) is 11.7. The number of esters is 2. The van der Waals surface area contributed by atoms with Crippen LogP contribution in [0.2, 0.25) is 0 Å². The molecule has 0 saturated carbocycles. The molecular weight excluding hydrogens is 1070 g/mol. The van der Waals surface area contributed by atoms with Crippen molar-refractivity contribution in [1.82, 2.24) is 0 Å². The molecular formula is C75H146NO8P. The summed E-state index contributed by atoms with van der Waals surface area (Å²) >= 11 is 0. The Kier molecular flexibility index (Phi) is 70.3. The third kappa shape index (κ3) is 71.4. The molecule has 3 N–H and O–H groups in total. The fraction of sp³-hybridized carbons (Fsp3) is 0.920. The van der Waals surface area contributed by atoms with Crippen LogP contribution >= 0.6 is 7.82 Å². The maximum absolute atomic E-state index is 12.8. The predicted molar refractivity (Wildman–Crippen MR) is 368 cm³/mol. The summed E-state index contributed by atoms with van der Waals surface area (Å²) in [5.41, 5.74) is 5.41. The molecule has 85 heavy (non-hydrogen) atoms. The zero-order valence-corrected chi connectivity index (χ0v) is 57.8. The van der Waals surface area contributed by atoms with Gasteiger partial charge >= 0.3 is 19.8 Å². The van der Waals surface area contributed by atoms with Crippen LogP contribution in [0.5, 0.6) is 0 Å². The lowest BCUT2D eigenvalue weighted by Crippen LogP contribution is -2.29. The van der Waals surface area contributed by atoms with E-state index in [2.05, 4.69) is 38.2 Å². The molecule has 9 nitrogen and oxygen atoms in total. The van der Waals surface area contributed by atoms with Crippen molar-refractivity contribution in [3.63, 3.8) is 0 Å². The van der Waals surface area contributed by atoms with E-state index in [9.17, 15) is 19.0 Å². The topological polar surface area (TPSA) is 134 Å². The quantitative estimate of drug-likeness (QED) is 0.0264. The van der Waals surface area contributed by atoms with E-state index in [-0.39, 0.29) is 38.6 Å². The van der Waals surface area contributed by atoms with Crippen LogP contribution in [-0.4, -0.2) is 49.3 Å². The molecule has 0 spiro atoms. The Labute approximate surface area is 529 Å². The molecule has 0 aliphatic heterocycles. The van der Waals surface area contributed by atoms with Crippen LogP contribution in [0.25, 0.3) is 0 Å². The summed E-state index contributed by atoms with van der Waals surface area (Å²) in [6, 6.07) is 0. The van der Waals surface area contributed by atoms with Crippen molar-refractivity contribution in [3.8, 4) is 0 Å². The first-order chi connectivity index (χ1) is 41.8. The Hall–Kier alpha value is -1.51. The van der Waals surface area contributed by atoms with Crippen LogP contribution in [0, 0.1) is 0 Å². The van der Waals surface area contributed by atoms with Crippen LogP contribution in [0.15, 0.2) is 24.3 Å². The second kappa shape index (κ2) is 71.6. The van der Waals surface area contributed by atoms with E-state index in [4.69, 9.17) is 24.3 Å². The molecule has 0 aliphatic rings. The second-order valence-corrected chi connectivity index (χ2v) is 27.3. The molecule has 0 aromatic heterocycles. The standard InChI is InChI=1S/C75H146NO8P/c1-3-5-7-9-11-13-15-17-19-21-23-25-27-29-30-31-32-33-34-35-36-37-38-39-40-41-42-44-46-48-50-52-54-56-58-60-62-64-66-68-75(78)84-73(72-83-85(79,80)82-70-69-76)71-81-74(77)67-65-63-61-59-57-55-53-51-49-47-45-43-28-26-24-22-20-18-16-14-12-10-8-6-4-2/h21-24,73H,3-20,25-72,76H2,1-2H3,(H,79,80)/b23-21-,24-22-. The van der Waals surface area contributed by atoms with Gasteiger partial charge < -0.3 is 20.1 Å². The lowest BCUT2D eigenvalue weighted by atomic mass is 10.0. The largest absolute Gasteiger partial charge is 0.472 e. The van der Waals surface area contributed by atoms with Gasteiger partial charge in [0.05, 0.1) is 13.2 Å². The van der Waals surface area contributed by atoms with Crippen molar-refractivity contribution in [2.24, 2.45) is 5.73 Å². The normalized spacial score (nSPS) is 12.9. The van der Waals surface area contributed by atoms with Crippen molar-refractivity contribution < 1.29 is 37.6 Å². The lowest BCUT2D eigenvalue weighted by molar-refractivity contribution is -0.161. The molecule has 0 aliphatic carbocycles. The van der Waals surface area contributed by atoms with E-state index in [1.807, 2.05) is 0 Å². The third-order valence-electron chi connectivity index (χ3n) is 17.3. The molecule has 2 atom stereocenters. The van der Waals surface area contributed by atoms with E-state index in [0.29, 0.717) is 6.42 Å². The summed E-state index contributed by atoms with van der Waals surface area (Å²) in [4.78, 5) is 35.4. The average Bonchev–Trinajstić information content (AvgIpc) is 3.53. The molecule has 0 saturated heterocycles. The molecule has 0 heterocycles. The van der Waals surface area contributed by atoms with Gasteiger partial charge in [-0.3, -0.25) is 18.6 Å². The Morgan fingerprint density at radius 1 is 0.341 bits per heavy atom. The zero-order valence-electron chi connectivity index (χ0n) is 56.9. The van der Waals surface area contributed by atoms with Crippen LogP contribution in [0.1, 0.15) is 412 Å². The fourth-order valence-corrected chi connectivity index (χ4v) is 12.5. The highest BCUT2D eigenvalue weighted by molar-refractivity contribution is 7.47. The molecule has 0 rings (SSSR count). The molecule has 0 radical (unpaired) electrons. The number of carbonyl (C=O) groups is 2. The smallest absolute Gasteiger partial charge is 0.462 e. The summed E-state index contributed by atoms with van der Waals surface area (Å²) < 4.78 is 33.2. The highest BCUT2D eigenvalue weighted by Crippen LogP contribution is 2.43. The molecule has 0 amide bonds. The summed E-state index contributed by atoms with van der Waals surface area (Å²) in [5.74, 6) is -0.803. The van der Waals surface area contributed by atoms with Crippen molar-refractivity contribution in [2.75, 3.05) is 26.4 Å². The Morgan fingerprint density at radius 3 is 0.835 bits per heavy atom. The van der Waals surface area contributed by atoms with Gasteiger partial charge in [0, 0.05) is 19.4 Å². The highest BCUT2D eigenvalue weighted by Gasteiger charge is 2.26. The number of allylic oxidation sites excluding steroid dienone is 4. The maximum Gasteiger partial charge on any atom is 0.472 e. The average molecular weight is 1220 g/mol.